The van der Waals surface area contributed by atoms with E-state index < -0.39 is 0 Å². The number of aromatic nitrogens is 1. The number of oxazole rings is 1. The van der Waals surface area contributed by atoms with Crippen LogP contribution in [0.4, 0.5) is 0 Å². The highest BCUT2D eigenvalue weighted by molar-refractivity contribution is 5.79. The highest BCUT2D eigenvalue weighted by Crippen LogP contribution is 2.12. The molecule has 1 aromatic heterocycles. The van der Waals surface area contributed by atoms with Crippen LogP contribution in [-0.4, -0.2) is 38.3 Å². The predicted molar refractivity (Wildman–Crippen MR) is 101 cm³/mol. The maximum Gasteiger partial charge on any atom is 0.214 e. The number of aliphatic imine (C=N–C) groups is 1. The molecule has 0 unspecified atom stereocenters. The van der Waals surface area contributed by atoms with E-state index in [-0.39, 0.29) is 0 Å². The second-order valence-corrected chi connectivity index (χ2v) is 5.86. The summed E-state index contributed by atoms with van der Waals surface area (Å²) in [6, 6.07) is 7.89. The highest BCUT2D eigenvalue weighted by Gasteiger charge is 2.06. The first-order valence-electron chi connectivity index (χ1n) is 8.70. The van der Waals surface area contributed by atoms with Crippen molar-refractivity contribution in [3.8, 4) is 5.75 Å². The van der Waals surface area contributed by atoms with E-state index in [1.165, 1.54) is 0 Å². The van der Waals surface area contributed by atoms with E-state index in [4.69, 9.17) is 13.9 Å². The monoisotopic (exact) mass is 360 g/mol. The number of hydrogen-bond acceptors (Lipinski definition) is 5. The fraction of sp³-hybridized carbons (Fsp3) is 0.474. The molecule has 1 aromatic carbocycles. The first kappa shape index (κ1) is 19.8. The van der Waals surface area contributed by atoms with Gasteiger partial charge in [-0.25, -0.2) is 4.98 Å². The number of hydrogen-bond donors (Lipinski definition) is 2. The number of methoxy groups -OCH3 is 1. The zero-order valence-electron chi connectivity index (χ0n) is 16.0. The van der Waals surface area contributed by atoms with E-state index in [0.29, 0.717) is 31.6 Å². The van der Waals surface area contributed by atoms with Crippen LogP contribution < -0.4 is 15.4 Å². The van der Waals surface area contributed by atoms with Gasteiger partial charge < -0.3 is 24.5 Å². The molecule has 0 atom stereocenters. The summed E-state index contributed by atoms with van der Waals surface area (Å²) in [5.74, 6) is 3.07. The number of nitrogens with one attached hydrogen (secondary N) is 2. The molecule has 0 radical (unpaired) electrons. The van der Waals surface area contributed by atoms with E-state index in [2.05, 4.69) is 20.6 Å². The Labute approximate surface area is 154 Å². The number of ether oxygens (including phenoxy) is 2. The van der Waals surface area contributed by atoms with E-state index in [1.54, 1.807) is 14.2 Å². The number of nitrogens with zero attached hydrogens (tertiary/aromatic N) is 2. The summed E-state index contributed by atoms with van der Waals surface area (Å²) in [6.07, 6.45) is 0.883. The molecule has 2 N–H and O–H groups in total. The molecule has 0 aliphatic rings. The van der Waals surface area contributed by atoms with Gasteiger partial charge in [-0.1, -0.05) is 12.1 Å². The van der Waals surface area contributed by atoms with E-state index in [1.807, 2.05) is 38.1 Å². The molecule has 0 aliphatic carbocycles. The summed E-state index contributed by atoms with van der Waals surface area (Å²) in [6.45, 7) is 6.38. The van der Waals surface area contributed by atoms with E-state index >= 15 is 0 Å². The summed E-state index contributed by atoms with van der Waals surface area (Å²) in [5.41, 5.74) is 2.05. The van der Waals surface area contributed by atoms with Gasteiger partial charge in [0.25, 0.3) is 0 Å². The Morgan fingerprint density at radius 1 is 1.19 bits per heavy atom. The maximum absolute atomic E-state index is 5.69. The fourth-order valence-corrected chi connectivity index (χ4v) is 2.29. The number of benzene rings is 1. The molecule has 0 saturated carbocycles. The van der Waals surface area contributed by atoms with Crippen molar-refractivity contribution >= 4 is 5.96 Å². The zero-order chi connectivity index (χ0) is 18.8. The third kappa shape index (κ3) is 6.40. The predicted octanol–water partition coefficient (Wildman–Crippen LogP) is 2.57. The van der Waals surface area contributed by atoms with Crippen molar-refractivity contribution in [2.45, 2.75) is 33.4 Å². The first-order chi connectivity index (χ1) is 12.6. The molecular weight excluding hydrogens is 332 g/mol. The van der Waals surface area contributed by atoms with Crippen molar-refractivity contribution in [3.63, 3.8) is 0 Å². The third-order valence-electron chi connectivity index (χ3n) is 3.89. The minimum atomic E-state index is 0.502. The average molecular weight is 360 g/mol. The van der Waals surface area contributed by atoms with Crippen LogP contribution in [0.1, 0.15) is 29.3 Å². The second kappa shape index (κ2) is 10.5. The van der Waals surface area contributed by atoms with Crippen LogP contribution in [0.25, 0.3) is 0 Å². The molecule has 142 valence electrons. The molecule has 0 fully saturated rings. The van der Waals surface area contributed by atoms with Crippen LogP contribution in [0, 0.1) is 13.8 Å². The molecule has 2 rings (SSSR count). The van der Waals surface area contributed by atoms with Gasteiger partial charge in [0.05, 0.1) is 26.0 Å². The lowest BCUT2D eigenvalue weighted by molar-refractivity contribution is 0.119. The van der Waals surface area contributed by atoms with Gasteiger partial charge in [0.1, 0.15) is 11.5 Å². The van der Waals surface area contributed by atoms with Crippen molar-refractivity contribution in [1.82, 2.24) is 15.6 Å². The van der Waals surface area contributed by atoms with Crippen molar-refractivity contribution in [2.75, 3.05) is 27.3 Å². The topological polar surface area (TPSA) is 80.9 Å². The van der Waals surface area contributed by atoms with Crippen LogP contribution in [0.3, 0.4) is 0 Å². The standard InChI is InChI=1S/C19H28N4O3/c1-14-15(2)26-18(23-14)12-22-19(20-3)21-10-5-11-25-13-16-6-8-17(24-4)9-7-16/h6-9H,5,10-13H2,1-4H3,(H2,20,21,22). The van der Waals surface area contributed by atoms with Crippen LogP contribution in [0.2, 0.25) is 0 Å². The molecule has 26 heavy (non-hydrogen) atoms. The molecule has 0 bridgehead atoms. The summed E-state index contributed by atoms with van der Waals surface area (Å²) in [7, 11) is 3.40. The Morgan fingerprint density at radius 2 is 1.96 bits per heavy atom. The van der Waals surface area contributed by atoms with Crippen molar-refractivity contribution < 1.29 is 13.9 Å². The molecule has 0 spiro atoms. The van der Waals surface area contributed by atoms with Crippen LogP contribution in [0.15, 0.2) is 33.7 Å². The molecular formula is C19H28N4O3. The van der Waals surface area contributed by atoms with Crippen molar-refractivity contribution in [3.05, 3.63) is 47.2 Å². The van der Waals surface area contributed by atoms with Gasteiger partial charge in [0.15, 0.2) is 5.96 Å². The molecule has 7 heteroatoms. The normalized spacial score (nSPS) is 11.5. The number of guanidine groups is 1. The molecule has 0 amide bonds. The Kier molecular flexibility index (Phi) is 7.95. The fourth-order valence-electron chi connectivity index (χ4n) is 2.29. The maximum atomic E-state index is 5.69. The molecule has 0 aliphatic heterocycles. The minimum Gasteiger partial charge on any atom is -0.497 e. The lowest BCUT2D eigenvalue weighted by Gasteiger charge is -2.11. The smallest absolute Gasteiger partial charge is 0.214 e. The van der Waals surface area contributed by atoms with Crippen LogP contribution in [0.5, 0.6) is 5.75 Å². The molecule has 0 saturated heterocycles. The van der Waals surface area contributed by atoms with Crippen molar-refractivity contribution in [1.29, 1.82) is 0 Å². The lowest BCUT2D eigenvalue weighted by Crippen LogP contribution is -2.37. The summed E-state index contributed by atoms with van der Waals surface area (Å²) >= 11 is 0. The average Bonchev–Trinajstić information content (AvgIpc) is 2.98. The van der Waals surface area contributed by atoms with Gasteiger partial charge in [0.2, 0.25) is 5.89 Å². The Bertz CT molecular complexity index is 676. The van der Waals surface area contributed by atoms with Crippen LogP contribution >= 0.6 is 0 Å². The van der Waals surface area contributed by atoms with E-state index in [0.717, 1.165) is 35.7 Å². The van der Waals surface area contributed by atoms with Crippen molar-refractivity contribution in [2.24, 2.45) is 4.99 Å². The quantitative estimate of drug-likeness (QED) is 0.406. The number of aryl methyl sites for hydroxylation is 2. The Balaban J connectivity index is 1.58. The van der Waals surface area contributed by atoms with Gasteiger partial charge in [0, 0.05) is 20.2 Å². The van der Waals surface area contributed by atoms with Gasteiger partial charge >= 0.3 is 0 Å². The van der Waals surface area contributed by atoms with E-state index in [9.17, 15) is 0 Å². The minimum absolute atomic E-state index is 0.502. The SMILES string of the molecule is CN=C(NCCCOCc1ccc(OC)cc1)NCc1nc(C)c(C)o1. The van der Waals surface area contributed by atoms with Gasteiger partial charge in [-0.3, -0.25) is 4.99 Å². The highest BCUT2D eigenvalue weighted by atomic mass is 16.5. The van der Waals surface area contributed by atoms with Gasteiger partial charge in [-0.05, 0) is 38.0 Å². The molecule has 2 aromatic rings. The Hall–Kier alpha value is -2.54. The van der Waals surface area contributed by atoms with Crippen LogP contribution in [-0.2, 0) is 17.9 Å². The summed E-state index contributed by atoms with van der Waals surface area (Å²) in [4.78, 5) is 8.52. The van der Waals surface area contributed by atoms with Gasteiger partial charge in [-0.15, -0.1) is 0 Å². The molecule has 7 nitrogen and oxygen atoms in total. The molecule has 1 heterocycles. The third-order valence-corrected chi connectivity index (χ3v) is 3.89. The summed E-state index contributed by atoms with van der Waals surface area (Å²) < 4.78 is 16.4. The largest absolute Gasteiger partial charge is 0.497 e. The summed E-state index contributed by atoms with van der Waals surface area (Å²) in [5, 5.41) is 6.43. The Morgan fingerprint density at radius 3 is 2.58 bits per heavy atom. The zero-order valence-corrected chi connectivity index (χ0v) is 16.0. The van der Waals surface area contributed by atoms with Gasteiger partial charge in [-0.2, -0.15) is 0 Å². The second-order valence-electron chi connectivity index (χ2n) is 5.86. The first-order valence-corrected chi connectivity index (χ1v) is 8.70. The lowest BCUT2D eigenvalue weighted by atomic mass is 10.2. The number of rotatable bonds is 9.